The van der Waals surface area contributed by atoms with Crippen LogP contribution in [0, 0.1) is 0 Å². The number of unbranched alkanes of at least 4 members (excludes halogenated alkanes) is 51. The normalized spacial score (nSPS) is 12.1. The molecule has 0 bridgehead atoms. The lowest BCUT2D eigenvalue weighted by atomic mass is 10.0. The fraction of sp³-hybridized carbons (Fsp3) is 0.903. The van der Waals surface area contributed by atoms with Crippen LogP contribution in [0.2, 0.25) is 0 Å². The van der Waals surface area contributed by atoms with Crippen molar-refractivity contribution in [2.75, 3.05) is 13.2 Å². The highest BCUT2D eigenvalue weighted by Gasteiger charge is 2.19. The van der Waals surface area contributed by atoms with Gasteiger partial charge in [-0.15, -0.1) is 0 Å². The van der Waals surface area contributed by atoms with Crippen LogP contribution in [0.15, 0.2) is 24.3 Å². The summed E-state index contributed by atoms with van der Waals surface area (Å²) in [7, 11) is 0. The smallest absolute Gasteiger partial charge is 0.306 e. The highest BCUT2D eigenvalue weighted by molar-refractivity contribution is 5.71. The first kappa shape index (κ1) is 75.9. The van der Waals surface area contributed by atoms with Crippen molar-refractivity contribution in [3.63, 3.8) is 0 Å². The summed E-state index contributed by atoms with van der Waals surface area (Å²) in [6.45, 7) is 6.70. The highest BCUT2D eigenvalue weighted by atomic mass is 16.6. The van der Waals surface area contributed by atoms with Gasteiger partial charge in [0.1, 0.15) is 13.2 Å². The van der Waals surface area contributed by atoms with Crippen molar-refractivity contribution in [1.82, 2.24) is 0 Å². The Kier molecular flexibility index (Phi) is 65.6. The summed E-state index contributed by atoms with van der Waals surface area (Å²) < 4.78 is 17.0. The Morgan fingerprint density at radius 2 is 0.423 bits per heavy atom. The molecule has 0 saturated carbocycles. The van der Waals surface area contributed by atoms with E-state index in [1.165, 1.54) is 295 Å². The van der Waals surface area contributed by atoms with Crippen molar-refractivity contribution in [1.29, 1.82) is 0 Å². The molecule has 6 heteroatoms. The summed E-state index contributed by atoms with van der Waals surface area (Å²) >= 11 is 0. The number of ether oxygens (including phenoxy) is 3. The molecule has 0 aliphatic rings. The zero-order chi connectivity index (χ0) is 56.4. The average Bonchev–Trinajstić information content (AvgIpc) is 3.44. The molecule has 0 aliphatic heterocycles. The third kappa shape index (κ3) is 64.7. The standard InChI is InChI=1S/C72H136O6/c1-4-7-10-13-16-19-22-25-28-30-32-34-35-36-37-39-40-42-44-47-50-53-56-59-62-65-71(74)77-68-69(67-76-70(73)64-61-58-55-52-49-46-27-24-21-18-15-12-9-6-3)78-72(75)66-63-60-57-54-51-48-45-43-41-38-33-31-29-26-23-20-17-14-11-8-5-2/h24,27,31,33,69H,4-23,25-26,28-30,32,34-68H2,1-3H3/b27-24-,33-31-. The van der Waals surface area contributed by atoms with Gasteiger partial charge in [0.2, 0.25) is 0 Å². The van der Waals surface area contributed by atoms with E-state index in [9.17, 15) is 14.4 Å². The largest absolute Gasteiger partial charge is 0.462 e. The van der Waals surface area contributed by atoms with Crippen LogP contribution in [0.5, 0.6) is 0 Å². The van der Waals surface area contributed by atoms with E-state index in [2.05, 4.69) is 45.1 Å². The molecule has 460 valence electrons. The first-order valence-corrected chi connectivity index (χ1v) is 35.3. The molecule has 1 unspecified atom stereocenters. The van der Waals surface area contributed by atoms with E-state index in [0.717, 1.165) is 64.2 Å². The fourth-order valence-corrected chi connectivity index (χ4v) is 10.8. The molecule has 6 nitrogen and oxygen atoms in total. The van der Waals surface area contributed by atoms with Gasteiger partial charge in [0.15, 0.2) is 6.10 Å². The van der Waals surface area contributed by atoms with Gasteiger partial charge in [-0.25, -0.2) is 0 Å². The van der Waals surface area contributed by atoms with E-state index < -0.39 is 6.10 Å². The molecule has 0 aromatic carbocycles. The molecular formula is C72H136O6. The van der Waals surface area contributed by atoms with Crippen LogP contribution in [0.4, 0.5) is 0 Å². The summed E-state index contributed by atoms with van der Waals surface area (Å²) in [5.74, 6) is -0.850. The Morgan fingerprint density at radius 1 is 0.244 bits per heavy atom. The summed E-state index contributed by atoms with van der Waals surface area (Å²) in [5, 5.41) is 0. The minimum Gasteiger partial charge on any atom is -0.462 e. The second kappa shape index (κ2) is 67.4. The van der Waals surface area contributed by atoms with Crippen molar-refractivity contribution >= 4 is 17.9 Å². The minimum atomic E-state index is -0.774. The molecule has 0 fully saturated rings. The zero-order valence-electron chi connectivity index (χ0n) is 53.0. The maximum absolute atomic E-state index is 12.9. The van der Waals surface area contributed by atoms with E-state index in [1.54, 1.807) is 0 Å². The fourth-order valence-electron chi connectivity index (χ4n) is 10.8. The van der Waals surface area contributed by atoms with Crippen LogP contribution in [0.25, 0.3) is 0 Å². The number of carbonyl (C=O) groups excluding carboxylic acids is 3. The number of esters is 3. The number of rotatable bonds is 66. The summed E-state index contributed by atoms with van der Waals surface area (Å²) in [6, 6.07) is 0. The van der Waals surface area contributed by atoms with Crippen LogP contribution in [-0.4, -0.2) is 37.2 Å². The Morgan fingerprint density at radius 3 is 0.641 bits per heavy atom. The van der Waals surface area contributed by atoms with Crippen LogP contribution in [-0.2, 0) is 28.6 Å². The van der Waals surface area contributed by atoms with Crippen LogP contribution < -0.4 is 0 Å². The van der Waals surface area contributed by atoms with Crippen LogP contribution >= 0.6 is 0 Å². The maximum Gasteiger partial charge on any atom is 0.306 e. The molecule has 0 aromatic rings. The van der Waals surface area contributed by atoms with Gasteiger partial charge < -0.3 is 14.2 Å². The lowest BCUT2D eigenvalue weighted by Gasteiger charge is -2.18. The predicted molar refractivity (Wildman–Crippen MR) is 340 cm³/mol. The van der Waals surface area contributed by atoms with Crippen LogP contribution in [0.1, 0.15) is 400 Å². The van der Waals surface area contributed by atoms with Gasteiger partial charge in [-0.05, 0) is 70.6 Å². The van der Waals surface area contributed by atoms with E-state index in [4.69, 9.17) is 14.2 Å². The number of allylic oxidation sites excluding steroid dienone is 4. The molecule has 0 heterocycles. The van der Waals surface area contributed by atoms with Gasteiger partial charge >= 0.3 is 17.9 Å². The van der Waals surface area contributed by atoms with Gasteiger partial charge in [-0.1, -0.05) is 334 Å². The molecule has 78 heavy (non-hydrogen) atoms. The molecule has 1 atom stereocenters. The minimum absolute atomic E-state index is 0.0693. The van der Waals surface area contributed by atoms with Crippen molar-refractivity contribution in [3.05, 3.63) is 24.3 Å². The Hall–Kier alpha value is -2.11. The molecule has 0 spiro atoms. The molecular weight excluding hydrogens is 961 g/mol. The molecule has 0 aromatic heterocycles. The highest BCUT2D eigenvalue weighted by Crippen LogP contribution is 2.19. The lowest BCUT2D eigenvalue weighted by molar-refractivity contribution is -0.167. The second-order valence-corrected chi connectivity index (χ2v) is 24.1. The van der Waals surface area contributed by atoms with Gasteiger partial charge in [-0.2, -0.15) is 0 Å². The van der Waals surface area contributed by atoms with Gasteiger partial charge in [0.25, 0.3) is 0 Å². The molecule has 0 rings (SSSR count). The summed E-state index contributed by atoms with van der Waals surface area (Å²) in [6.07, 6.45) is 82.1. The first-order chi connectivity index (χ1) is 38.5. The number of hydrogen-bond acceptors (Lipinski definition) is 6. The molecule has 0 saturated heterocycles. The van der Waals surface area contributed by atoms with Gasteiger partial charge in [0.05, 0.1) is 0 Å². The molecule has 0 amide bonds. The second-order valence-electron chi connectivity index (χ2n) is 24.1. The lowest BCUT2D eigenvalue weighted by Crippen LogP contribution is -2.30. The monoisotopic (exact) mass is 1100 g/mol. The average molecular weight is 1100 g/mol. The third-order valence-corrected chi connectivity index (χ3v) is 16.2. The Bertz CT molecular complexity index is 1260. The van der Waals surface area contributed by atoms with E-state index in [1.807, 2.05) is 0 Å². The summed E-state index contributed by atoms with van der Waals surface area (Å²) in [4.78, 5) is 38.4. The van der Waals surface area contributed by atoms with Crippen molar-refractivity contribution in [2.24, 2.45) is 0 Å². The van der Waals surface area contributed by atoms with E-state index >= 15 is 0 Å². The van der Waals surface area contributed by atoms with E-state index in [0.29, 0.717) is 19.3 Å². The Labute approximate surface area is 487 Å². The number of hydrogen-bond donors (Lipinski definition) is 0. The van der Waals surface area contributed by atoms with Crippen molar-refractivity contribution in [2.45, 2.75) is 406 Å². The Balaban J connectivity index is 4.24. The molecule has 0 radical (unpaired) electrons. The third-order valence-electron chi connectivity index (χ3n) is 16.2. The van der Waals surface area contributed by atoms with Crippen molar-refractivity contribution < 1.29 is 28.6 Å². The predicted octanol–water partition coefficient (Wildman–Crippen LogP) is 24.2. The first-order valence-electron chi connectivity index (χ1n) is 35.3. The quantitative estimate of drug-likeness (QED) is 0.0261. The summed E-state index contributed by atoms with van der Waals surface area (Å²) in [5.41, 5.74) is 0. The van der Waals surface area contributed by atoms with E-state index in [-0.39, 0.29) is 31.1 Å². The van der Waals surface area contributed by atoms with Gasteiger partial charge in [0, 0.05) is 19.3 Å². The topological polar surface area (TPSA) is 78.9 Å². The van der Waals surface area contributed by atoms with Crippen LogP contribution in [0.3, 0.4) is 0 Å². The molecule has 0 aliphatic carbocycles. The zero-order valence-corrected chi connectivity index (χ0v) is 53.0. The SMILES string of the molecule is CCCCCCC/C=C\CCCCCCCC(=O)OCC(COC(=O)CCCCCCCCCCCCCCCCCCCCCCCCCCC)OC(=O)CCCCCCCCCCC/C=C\CCCCCCCCCC. The van der Waals surface area contributed by atoms with Gasteiger partial charge in [-0.3, -0.25) is 14.4 Å². The molecule has 0 N–H and O–H groups in total. The maximum atomic E-state index is 12.9. The van der Waals surface area contributed by atoms with Crippen molar-refractivity contribution in [3.8, 4) is 0 Å². The number of carbonyl (C=O) groups is 3.